The van der Waals surface area contributed by atoms with Gasteiger partial charge in [-0.3, -0.25) is 4.79 Å². The van der Waals surface area contributed by atoms with Crippen molar-refractivity contribution in [2.45, 2.75) is 32.8 Å². The Hall–Kier alpha value is -2.06. The van der Waals surface area contributed by atoms with E-state index in [0.29, 0.717) is 5.76 Å². The van der Waals surface area contributed by atoms with Crippen LogP contribution in [0.2, 0.25) is 0 Å². The Bertz CT molecular complexity index is 510. The van der Waals surface area contributed by atoms with E-state index in [1.54, 1.807) is 19.1 Å². The maximum Gasteiger partial charge on any atom is 0.262 e. The van der Waals surface area contributed by atoms with Crippen molar-refractivity contribution >= 4 is 12.0 Å². The van der Waals surface area contributed by atoms with Gasteiger partial charge in [0.2, 0.25) is 0 Å². The van der Waals surface area contributed by atoms with Crippen LogP contribution in [0.15, 0.2) is 28.4 Å². The van der Waals surface area contributed by atoms with Crippen LogP contribution in [0, 0.1) is 17.2 Å². The minimum Gasteiger partial charge on any atom is -0.465 e. The van der Waals surface area contributed by atoms with E-state index in [1.807, 2.05) is 19.9 Å². The number of amides is 1. The maximum atomic E-state index is 11.9. The van der Waals surface area contributed by atoms with Crippen LogP contribution in [0.1, 0.15) is 33.0 Å². The Balaban J connectivity index is 2.69. The van der Waals surface area contributed by atoms with Gasteiger partial charge in [0.25, 0.3) is 5.91 Å². The van der Waals surface area contributed by atoms with Gasteiger partial charge in [-0.1, -0.05) is 20.3 Å². The molecule has 0 aromatic carbocycles. The first kappa shape index (κ1) is 16.0. The predicted octanol–water partition coefficient (Wildman–Crippen LogP) is 2.10. The maximum absolute atomic E-state index is 11.9. The molecule has 0 fully saturated rings. The third-order valence-corrected chi connectivity index (χ3v) is 3.48. The number of carbonyl (C=O) groups excluding carboxylic acids is 1. The van der Waals surface area contributed by atoms with Gasteiger partial charge < -0.3 is 14.8 Å². The molecule has 1 rings (SSSR count). The Kier molecular flexibility index (Phi) is 5.53. The van der Waals surface area contributed by atoms with Gasteiger partial charge >= 0.3 is 0 Å². The van der Waals surface area contributed by atoms with Crippen molar-refractivity contribution in [2.75, 3.05) is 6.54 Å². The Morgan fingerprint density at radius 2 is 2.40 bits per heavy atom. The molecule has 0 aliphatic heterocycles. The molecule has 2 N–H and O–H groups in total. The number of hydrogen-bond donors (Lipinski definition) is 2. The van der Waals surface area contributed by atoms with Gasteiger partial charge in [0.1, 0.15) is 17.4 Å². The molecular weight excluding hydrogens is 256 g/mol. The summed E-state index contributed by atoms with van der Waals surface area (Å²) in [7, 11) is 0. The lowest BCUT2D eigenvalue weighted by Gasteiger charge is -2.29. The summed E-state index contributed by atoms with van der Waals surface area (Å²) in [6, 6.07) is 5.15. The molecule has 0 aliphatic rings. The number of furan rings is 1. The molecule has 0 aliphatic carbocycles. The van der Waals surface area contributed by atoms with E-state index in [0.717, 1.165) is 6.42 Å². The zero-order chi connectivity index (χ0) is 15.2. The molecule has 0 saturated carbocycles. The molecular formula is C15H20N2O3. The molecule has 1 aromatic heterocycles. The molecule has 0 spiro atoms. The van der Waals surface area contributed by atoms with Crippen LogP contribution in [0.4, 0.5) is 0 Å². The SMILES string of the molecule is CC[C@@H](C)[C@@](C)(O)CNC(=O)/C(C#N)=C\c1ccco1. The molecule has 5 heteroatoms. The van der Waals surface area contributed by atoms with Crippen molar-refractivity contribution in [2.24, 2.45) is 5.92 Å². The van der Waals surface area contributed by atoms with Crippen molar-refractivity contribution in [3.63, 3.8) is 0 Å². The number of carbonyl (C=O) groups is 1. The lowest BCUT2D eigenvalue weighted by Crippen LogP contribution is -2.45. The number of nitrogens with one attached hydrogen (secondary N) is 1. The van der Waals surface area contributed by atoms with E-state index in [-0.39, 0.29) is 18.0 Å². The van der Waals surface area contributed by atoms with Gasteiger partial charge in [-0.2, -0.15) is 5.26 Å². The monoisotopic (exact) mass is 276 g/mol. The van der Waals surface area contributed by atoms with Gasteiger partial charge in [-0.05, 0) is 25.0 Å². The van der Waals surface area contributed by atoms with Crippen LogP contribution >= 0.6 is 0 Å². The molecule has 2 atom stereocenters. The number of rotatable bonds is 6. The van der Waals surface area contributed by atoms with Crippen LogP contribution < -0.4 is 5.32 Å². The molecule has 1 amide bonds. The Morgan fingerprint density at radius 1 is 1.70 bits per heavy atom. The lowest BCUT2D eigenvalue weighted by atomic mass is 9.88. The van der Waals surface area contributed by atoms with Gasteiger partial charge in [0, 0.05) is 12.6 Å². The Morgan fingerprint density at radius 3 is 2.90 bits per heavy atom. The highest BCUT2D eigenvalue weighted by Crippen LogP contribution is 2.19. The smallest absolute Gasteiger partial charge is 0.262 e. The summed E-state index contributed by atoms with van der Waals surface area (Å²) < 4.78 is 5.06. The summed E-state index contributed by atoms with van der Waals surface area (Å²) in [5.74, 6) is -0.0414. The van der Waals surface area contributed by atoms with Gasteiger partial charge in [-0.15, -0.1) is 0 Å². The van der Waals surface area contributed by atoms with Crippen molar-refractivity contribution in [1.29, 1.82) is 5.26 Å². The summed E-state index contributed by atoms with van der Waals surface area (Å²) in [6.45, 7) is 5.65. The molecule has 20 heavy (non-hydrogen) atoms. The number of nitriles is 1. The second kappa shape index (κ2) is 6.92. The molecule has 1 heterocycles. The van der Waals surface area contributed by atoms with E-state index < -0.39 is 11.5 Å². The van der Waals surface area contributed by atoms with E-state index in [2.05, 4.69) is 5.32 Å². The number of nitrogens with zero attached hydrogens (tertiary/aromatic N) is 1. The summed E-state index contributed by atoms with van der Waals surface area (Å²) in [6.07, 6.45) is 3.63. The molecule has 108 valence electrons. The Labute approximate surface area is 118 Å². The fourth-order valence-electron chi connectivity index (χ4n) is 1.63. The van der Waals surface area contributed by atoms with E-state index in [9.17, 15) is 9.90 Å². The molecule has 5 nitrogen and oxygen atoms in total. The molecule has 1 aromatic rings. The quantitative estimate of drug-likeness (QED) is 0.615. The minimum absolute atomic E-state index is 0.0439. The highest BCUT2D eigenvalue weighted by atomic mass is 16.3. The third-order valence-electron chi connectivity index (χ3n) is 3.48. The van der Waals surface area contributed by atoms with E-state index in [1.165, 1.54) is 12.3 Å². The molecule has 0 bridgehead atoms. The van der Waals surface area contributed by atoms with Crippen molar-refractivity contribution in [3.05, 3.63) is 29.7 Å². The van der Waals surface area contributed by atoms with Gasteiger partial charge in [0.15, 0.2) is 0 Å². The topological polar surface area (TPSA) is 86.3 Å². The summed E-state index contributed by atoms with van der Waals surface area (Å²) >= 11 is 0. The van der Waals surface area contributed by atoms with E-state index in [4.69, 9.17) is 9.68 Å². The van der Waals surface area contributed by atoms with Gasteiger partial charge in [-0.25, -0.2) is 0 Å². The standard InChI is InChI=1S/C15H20N2O3/c1-4-11(2)15(3,19)10-17-14(18)12(9-16)8-13-6-5-7-20-13/h5-8,11,19H,4,10H2,1-3H3,(H,17,18)/b12-8-/t11-,15+/m1/s1. The molecule has 0 radical (unpaired) electrons. The van der Waals surface area contributed by atoms with Crippen LogP contribution in [0.25, 0.3) is 6.08 Å². The van der Waals surface area contributed by atoms with Crippen LogP contribution in [-0.4, -0.2) is 23.2 Å². The fourth-order valence-corrected chi connectivity index (χ4v) is 1.63. The average Bonchev–Trinajstić information content (AvgIpc) is 2.94. The van der Waals surface area contributed by atoms with Crippen LogP contribution in [0.5, 0.6) is 0 Å². The highest BCUT2D eigenvalue weighted by molar-refractivity contribution is 6.01. The largest absolute Gasteiger partial charge is 0.465 e. The number of hydrogen-bond acceptors (Lipinski definition) is 4. The number of aliphatic hydroxyl groups is 1. The fraction of sp³-hybridized carbons (Fsp3) is 0.467. The lowest BCUT2D eigenvalue weighted by molar-refractivity contribution is -0.118. The molecule has 0 unspecified atom stereocenters. The summed E-state index contributed by atoms with van der Waals surface area (Å²) in [4.78, 5) is 11.9. The second-order valence-electron chi connectivity index (χ2n) is 5.03. The zero-order valence-corrected chi connectivity index (χ0v) is 12.0. The first-order chi connectivity index (χ1) is 9.40. The predicted molar refractivity (Wildman–Crippen MR) is 75.4 cm³/mol. The zero-order valence-electron chi connectivity index (χ0n) is 12.0. The average molecular weight is 276 g/mol. The summed E-state index contributed by atoms with van der Waals surface area (Å²) in [5, 5.41) is 21.8. The van der Waals surface area contributed by atoms with E-state index >= 15 is 0 Å². The normalized spacial score (nSPS) is 16.1. The third kappa shape index (κ3) is 4.25. The van der Waals surface area contributed by atoms with Crippen molar-refractivity contribution in [1.82, 2.24) is 5.32 Å². The molecule has 0 saturated heterocycles. The second-order valence-corrected chi connectivity index (χ2v) is 5.03. The van der Waals surface area contributed by atoms with Crippen LogP contribution in [0.3, 0.4) is 0 Å². The minimum atomic E-state index is -1.00. The summed E-state index contributed by atoms with van der Waals surface area (Å²) in [5.41, 5.74) is -1.06. The highest BCUT2D eigenvalue weighted by Gasteiger charge is 2.27. The van der Waals surface area contributed by atoms with Crippen molar-refractivity contribution < 1.29 is 14.3 Å². The van der Waals surface area contributed by atoms with Crippen LogP contribution in [-0.2, 0) is 4.79 Å². The van der Waals surface area contributed by atoms with Gasteiger partial charge in [0.05, 0.1) is 11.9 Å². The first-order valence-electron chi connectivity index (χ1n) is 6.56. The van der Waals surface area contributed by atoms with Crippen molar-refractivity contribution in [3.8, 4) is 6.07 Å². The first-order valence-corrected chi connectivity index (χ1v) is 6.56.